The number of nitrogens with zero attached hydrogens (tertiary/aromatic N) is 1. The summed E-state index contributed by atoms with van der Waals surface area (Å²) in [7, 11) is 0. The van der Waals surface area contributed by atoms with E-state index in [0.717, 1.165) is 11.8 Å². The standard InChI is InChI=1S/C6H14N2S/c1-6-2-3-8(6)4-5-9-7/h6H,2-5,7H2,1H3. The van der Waals surface area contributed by atoms with Gasteiger partial charge >= 0.3 is 0 Å². The lowest BCUT2D eigenvalue weighted by atomic mass is 10.1. The zero-order valence-corrected chi connectivity index (χ0v) is 6.66. The zero-order chi connectivity index (χ0) is 6.69. The maximum atomic E-state index is 5.29. The van der Waals surface area contributed by atoms with Crippen molar-refractivity contribution in [2.24, 2.45) is 5.14 Å². The molecule has 2 nitrogen and oxygen atoms in total. The molecule has 3 heteroatoms. The molecule has 0 spiro atoms. The van der Waals surface area contributed by atoms with Crippen molar-refractivity contribution in [2.75, 3.05) is 18.8 Å². The van der Waals surface area contributed by atoms with Crippen LogP contribution in [0, 0.1) is 0 Å². The minimum absolute atomic E-state index is 0.817. The number of nitrogens with two attached hydrogens (primary N) is 1. The summed E-state index contributed by atoms with van der Waals surface area (Å²) in [5.74, 6) is 1.07. The molecule has 1 aliphatic rings. The minimum Gasteiger partial charge on any atom is -0.300 e. The summed E-state index contributed by atoms with van der Waals surface area (Å²) >= 11 is 1.44. The summed E-state index contributed by atoms with van der Waals surface area (Å²) in [5, 5.41) is 5.29. The Labute approximate surface area is 60.9 Å². The number of hydrogen-bond donors (Lipinski definition) is 1. The first-order valence-electron chi connectivity index (χ1n) is 3.40. The molecule has 54 valence electrons. The molecule has 1 heterocycles. The van der Waals surface area contributed by atoms with Gasteiger partial charge in [0.25, 0.3) is 0 Å². The second kappa shape index (κ2) is 3.44. The molecule has 0 aliphatic carbocycles. The Morgan fingerprint density at radius 2 is 2.56 bits per heavy atom. The molecule has 0 amide bonds. The average Bonchev–Trinajstić information content (AvgIpc) is 1.86. The van der Waals surface area contributed by atoms with Crippen molar-refractivity contribution in [3.63, 3.8) is 0 Å². The van der Waals surface area contributed by atoms with Crippen LogP contribution >= 0.6 is 11.9 Å². The smallest absolute Gasteiger partial charge is 0.0204 e. The molecule has 0 aromatic carbocycles. The van der Waals surface area contributed by atoms with Crippen LogP contribution in [0.5, 0.6) is 0 Å². The second-order valence-corrected chi connectivity index (χ2v) is 3.29. The van der Waals surface area contributed by atoms with Crippen molar-refractivity contribution in [3.05, 3.63) is 0 Å². The lowest BCUT2D eigenvalue weighted by Gasteiger charge is -2.38. The van der Waals surface area contributed by atoms with Gasteiger partial charge in [-0.3, -0.25) is 10.0 Å². The molecule has 9 heavy (non-hydrogen) atoms. The SMILES string of the molecule is CC1CCN1CCSN. The van der Waals surface area contributed by atoms with Crippen LogP contribution in [0.25, 0.3) is 0 Å². The van der Waals surface area contributed by atoms with E-state index in [2.05, 4.69) is 11.8 Å². The third kappa shape index (κ3) is 1.85. The van der Waals surface area contributed by atoms with Gasteiger partial charge in [0.1, 0.15) is 0 Å². The summed E-state index contributed by atoms with van der Waals surface area (Å²) in [6, 6.07) is 0.817. The van der Waals surface area contributed by atoms with Gasteiger partial charge in [-0.1, -0.05) is 11.9 Å². The normalized spacial score (nSPS) is 28.0. The van der Waals surface area contributed by atoms with E-state index >= 15 is 0 Å². The van der Waals surface area contributed by atoms with Gasteiger partial charge in [-0.15, -0.1) is 0 Å². The number of likely N-dealkylation sites (tertiary alicyclic amines) is 1. The summed E-state index contributed by atoms with van der Waals surface area (Å²) in [6.45, 7) is 4.72. The molecule has 1 saturated heterocycles. The molecular weight excluding hydrogens is 132 g/mol. The molecular formula is C6H14N2S. The van der Waals surface area contributed by atoms with Crippen LogP contribution in [-0.4, -0.2) is 29.8 Å². The van der Waals surface area contributed by atoms with Crippen LogP contribution in [0.15, 0.2) is 0 Å². The molecule has 0 bridgehead atoms. The van der Waals surface area contributed by atoms with E-state index in [0.29, 0.717) is 0 Å². The lowest BCUT2D eigenvalue weighted by molar-refractivity contribution is 0.114. The fourth-order valence-corrected chi connectivity index (χ4v) is 1.41. The number of hydrogen-bond acceptors (Lipinski definition) is 3. The van der Waals surface area contributed by atoms with Crippen molar-refractivity contribution in [1.29, 1.82) is 0 Å². The van der Waals surface area contributed by atoms with Crippen molar-refractivity contribution in [3.8, 4) is 0 Å². The highest BCUT2D eigenvalue weighted by Crippen LogP contribution is 2.15. The van der Waals surface area contributed by atoms with Crippen LogP contribution in [-0.2, 0) is 0 Å². The quantitative estimate of drug-likeness (QED) is 0.594. The lowest BCUT2D eigenvalue weighted by Crippen LogP contribution is -2.46. The first-order chi connectivity index (χ1) is 4.34. The topological polar surface area (TPSA) is 29.3 Å². The highest BCUT2D eigenvalue weighted by atomic mass is 32.2. The molecule has 0 aromatic rings. The summed E-state index contributed by atoms with van der Waals surface area (Å²) in [4.78, 5) is 2.46. The van der Waals surface area contributed by atoms with Crippen molar-refractivity contribution in [1.82, 2.24) is 4.90 Å². The predicted octanol–water partition coefficient (Wildman–Crippen LogP) is 0.688. The molecule has 1 aliphatic heterocycles. The maximum Gasteiger partial charge on any atom is 0.0204 e. The minimum atomic E-state index is 0.817. The Hall–Kier alpha value is 0.270. The Kier molecular flexibility index (Phi) is 2.82. The third-order valence-electron chi connectivity index (χ3n) is 1.95. The third-order valence-corrected chi connectivity index (χ3v) is 2.37. The van der Waals surface area contributed by atoms with Gasteiger partial charge in [-0.05, 0) is 19.9 Å². The van der Waals surface area contributed by atoms with E-state index in [1.165, 1.54) is 31.5 Å². The highest BCUT2D eigenvalue weighted by molar-refractivity contribution is 7.97. The van der Waals surface area contributed by atoms with E-state index in [1.807, 2.05) is 0 Å². The Morgan fingerprint density at radius 3 is 2.89 bits per heavy atom. The fraction of sp³-hybridized carbons (Fsp3) is 1.00. The molecule has 1 atom stereocenters. The van der Waals surface area contributed by atoms with Gasteiger partial charge in [0.05, 0.1) is 0 Å². The summed E-state index contributed by atoms with van der Waals surface area (Å²) in [5.41, 5.74) is 0. The zero-order valence-electron chi connectivity index (χ0n) is 5.84. The monoisotopic (exact) mass is 146 g/mol. The van der Waals surface area contributed by atoms with Crippen LogP contribution < -0.4 is 5.14 Å². The van der Waals surface area contributed by atoms with Crippen molar-refractivity contribution >= 4 is 11.9 Å². The van der Waals surface area contributed by atoms with E-state index in [1.54, 1.807) is 0 Å². The first-order valence-corrected chi connectivity index (χ1v) is 4.45. The van der Waals surface area contributed by atoms with Crippen LogP contribution in [0.1, 0.15) is 13.3 Å². The van der Waals surface area contributed by atoms with E-state index in [-0.39, 0.29) is 0 Å². The van der Waals surface area contributed by atoms with Gasteiger partial charge in [-0.25, -0.2) is 0 Å². The molecule has 2 N–H and O–H groups in total. The molecule has 0 saturated carbocycles. The molecule has 0 aromatic heterocycles. The fourth-order valence-electron chi connectivity index (χ4n) is 1.07. The molecule has 1 unspecified atom stereocenters. The highest BCUT2D eigenvalue weighted by Gasteiger charge is 2.21. The van der Waals surface area contributed by atoms with E-state index < -0.39 is 0 Å². The van der Waals surface area contributed by atoms with Crippen LogP contribution in [0.4, 0.5) is 0 Å². The first kappa shape index (κ1) is 7.38. The second-order valence-electron chi connectivity index (χ2n) is 2.54. The van der Waals surface area contributed by atoms with Gasteiger partial charge in [-0.2, -0.15) is 0 Å². The molecule has 0 radical (unpaired) electrons. The predicted molar refractivity (Wildman–Crippen MR) is 42.3 cm³/mol. The van der Waals surface area contributed by atoms with E-state index in [9.17, 15) is 0 Å². The van der Waals surface area contributed by atoms with Gasteiger partial charge < -0.3 is 0 Å². The van der Waals surface area contributed by atoms with Gasteiger partial charge in [0.2, 0.25) is 0 Å². The van der Waals surface area contributed by atoms with Crippen molar-refractivity contribution < 1.29 is 0 Å². The molecule has 1 fully saturated rings. The molecule has 1 rings (SSSR count). The Bertz CT molecular complexity index is 87.1. The van der Waals surface area contributed by atoms with Gasteiger partial charge in [0.15, 0.2) is 0 Å². The maximum absolute atomic E-state index is 5.29. The summed E-state index contributed by atoms with van der Waals surface area (Å²) in [6.07, 6.45) is 1.37. The Balaban J connectivity index is 1.99. The number of rotatable bonds is 3. The van der Waals surface area contributed by atoms with Crippen LogP contribution in [0.2, 0.25) is 0 Å². The summed E-state index contributed by atoms with van der Waals surface area (Å²) < 4.78 is 0. The van der Waals surface area contributed by atoms with Crippen LogP contribution in [0.3, 0.4) is 0 Å². The van der Waals surface area contributed by atoms with Gasteiger partial charge in [0, 0.05) is 18.3 Å². The average molecular weight is 146 g/mol. The van der Waals surface area contributed by atoms with Crippen molar-refractivity contribution in [2.45, 2.75) is 19.4 Å². The van der Waals surface area contributed by atoms with E-state index in [4.69, 9.17) is 5.14 Å². The largest absolute Gasteiger partial charge is 0.300 e. The Morgan fingerprint density at radius 1 is 1.78 bits per heavy atom.